The molecule has 35 heavy (non-hydrogen) atoms. The van der Waals surface area contributed by atoms with E-state index in [1.54, 1.807) is 60.7 Å². The number of carbonyl (C=O) groups is 2. The van der Waals surface area contributed by atoms with Crippen molar-refractivity contribution in [2.24, 2.45) is 0 Å². The number of anilines is 2. The van der Waals surface area contributed by atoms with Crippen molar-refractivity contribution in [2.75, 3.05) is 30.4 Å². The Kier molecular flexibility index (Phi) is 7.25. The second kappa shape index (κ2) is 10.7. The molecule has 0 bridgehead atoms. The highest BCUT2D eigenvalue weighted by Gasteiger charge is 2.28. The van der Waals surface area contributed by atoms with Gasteiger partial charge >= 0.3 is 5.97 Å². The van der Waals surface area contributed by atoms with Crippen LogP contribution in [-0.2, 0) is 9.53 Å². The van der Waals surface area contributed by atoms with Crippen LogP contribution in [0.4, 0.5) is 17.1 Å². The number of carbonyl (C=O) groups excluding carboxylic acids is 2. The van der Waals surface area contributed by atoms with Crippen molar-refractivity contribution in [2.45, 2.75) is 18.9 Å². The predicted molar refractivity (Wildman–Crippen MR) is 131 cm³/mol. The molecule has 180 valence electrons. The maximum absolute atomic E-state index is 13.1. The van der Waals surface area contributed by atoms with Crippen molar-refractivity contribution >= 4 is 28.9 Å². The van der Waals surface area contributed by atoms with Crippen LogP contribution in [0.15, 0.2) is 72.8 Å². The summed E-state index contributed by atoms with van der Waals surface area (Å²) in [5, 5.41) is 14.4. The first-order chi connectivity index (χ1) is 17.0. The molecule has 0 saturated carbocycles. The Bertz CT molecular complexity index is 1220. The SMILES string of the molecule is COc1cccc(NC(=O)[C@@H](OC(=O)c2ccc(N3CCCC3)c([N+](=O)[O-])c2)c2ccccc2)c1. The van der Waals surface area contributed by atoms with Crippen LogP contribution in [0.5, 0.6) is 5.75 Å². The summed E-state index contributed by atoms with van der Waals surface area (Å²) in [4.78, 5) is 39.3. The quantitative estimate of drug-likeness (QED) is 0.285. The third-order valence-electron chi connectivity index (χ3n) is 5.76. The summed E-state index contributed by atoms with van der Waals surface area (Å²) in [5.41, 5.74) is 1.23. The fraction of sp³-hybridized carbons (Fsp3) is 0.231. The molecule has 3 aromatic rings. The summed E-state index contributed by atoms with van der Waals surface area (Å²) in [6.07, 6.45) is 0.650. The summed E-state index contributed by atoms with van der Waals surface area (Å²) in [6, 6.07) is 19.6. The molecular formula is C26H25N3O6. The van der Waals surface area contributed by atoms with Crippen LogP contribution in [0.3, 0.4) is 0 Å². The molecule has 1 aliphatic rings. The molecule has 9 nitrogen and oxygen atoms in total. The average Bonchev–Trinajstić information content (AvgIpc) is 3.42. The number of benzene rings is 3. The Morgan fingerprint density at radius 3 is 2.43 bits per heavy atom. The minimum absolute atomic E-state index is 0.00485. The smallest absolute Gasteiger partial charge is 0.339 e. The van der Waals surface area contributed by atoms with Crippen LogP contribution in [0, 0.1) is 10.1 Å². The van der Waals surface area contributed by atoms with Crippen LogP contribution < -0.4 is 15.0 Å². The third-order valence-corrected chi connectivity index (χ3v) is 5.76. The third kappa shape index (κ3) is 5.57. The number of esters is 1. The van der Waals surface area contributed by atoms with Gasteiger partial charge in [0, 0.05) is 36.5 Å². The number of amides is 1. The molecule has 9 heteroatoms. The van der Waals surface area contributed by atoms with Gasteiger partial charge < -0.3 is 19.7 Å². The molecule has 0 unspecified atom stereocenters. The van der Waals surface area contributed by atoms with Crippen LogP contribution in [0.1, 0.15) is 34.9 Å². The Labute approximate surface area is 202 Å². The summed E-state index contributed by atoms with van der Waals surface area (Å²) in [7, 11) is 1.52. The van der Waals surface area contributed by atoms with Gasteiger partial charge in [0.25, 0.3) is 11.6 Å². The molecular weight excluding hydrogens is 450 g/mol. The van der Waals surface area contributed by atoms with E-state index in [0.29, 0.717) is 22.7 Å². The van der Waals surface area contributed by atoms with Gasteiger partial charge in [-0.15, -0.1) is 0 Å². The zero-order valence-electron chi connectivity index (χ0n) is 19.2. The molecule has 0 aromatic heterocycles. The van der Waals surface area contributed by atoms with Gasteiger partial charge in [-0.2, -0.15) is 0 Å². The lowest BCUT2D eigenvalue weighted by molar-refractivity contribution is -0.384. The molecule has 1 saturated heterocycles. The minimum atomic E-state index is -1.27. The van der Waals surface area contributed by atoms with E-state index >= 15 is 0 Å². The molecule has 4 rings (SSSR count). The van der Waals surface area contributed by atoms with Gasteiger partial charge in [-0.25, -0.2) is 4.79 Å². The zero-order valence-corrected chi connectivity index (χ0v) is 19.2. The number of methoxy groups -OCH3 is 1. The highest BCUT2D eigenvalue weighted by molar-refractivity contribution is 5.98. The maximum atomic E-state index is 13.1. The van der Waals surface area contributed by atoms with Gasteiger partial charge in [0.05, 0.1) is 17.6 Å². The number of nitrogens with one attached hydrogen (secondary N) is 1. The Hall–Kier alpha value is -4.40. The minimum Gasteiger partial charge on any atom is -0.497 e. The van der Waals surface area contributed by atoms with Gasteiger partial charge in [-0.1, -0.05) is 36.4 Å². The Morgan fingerprint density at radius 2 is 1.74 bits per heavy atom. The monoisotopic (exact) mass is 475 g/mol. The van der Waals surface area contributed by atoms with Gasteiger partial charge in [0.2, 0.25) is 6.10 Å². The summed E-state index contributed by atoms with van der Waals surface area (Å²) in [6.45, 7) is 1.45. The van der Waals surface area contributed by atoms with Crippen molar-refractivity contribution in [1.29, 1.82) is 0 Å². The molecule has 1 aliphatic heterocycles. The first-order valence-electron chi connectivity index (χ1n) is 11.2. The van der Waals surface area contributed by atoms with Crippen molar-refractivity contribution in [1.82, 2.24) is 0 Å². The van der Waals surface area contributed by atoms with E-state index in [1.165, 1.54) is 19.2 Å². The van der Waals surface area contributed by atoms with E-state index < -0.39 is 22.9 Å². The van der Waals surface area contributed by atoms with Crippen molar-refractivity contribution in [3.63, 3.8) is 0 Å². The summed E-state index contributed by atoms with van der Waals surface area (Å²) < 4.78 is 10.8. The average molecular weight is 476 g/mol. The van der Waals surface area contributed by atoms with Crippen LogP contribution in [0.2, 0.25) is 0 Å². The number of rotatable bonds is 8. The first kappa shape index (κ1) is 23.7. The standard InChI is InChI=1S/C26H25N3O6/c1-34-21-11-7-10-20(17-21)27-25(30)24(18-8-3-2-4-9-18)35-26(31)19-12-13-22(23(16-19)29(32)33)28-14-5-6-15-28/h2-4,7-13,16-17,24H,5-6,14-15H2,1H3,(H,27,30)/t24-/m0/s1. The van der Waals surface area contributed by atoms with Crippen molar-refractivity contribution < 1.29 is 24.0 Å². The molecule has 0 spiro atoms. The van der Waals surface area contributed by atoms with E-state index in [0.717, 1.165) is 25.9 Å². The van der Waals surface area contributed by atoms with Crippen molar-refractivity contribution in [3.8, 4) is 5.75 Å². The number of ether oxygens (including phenoxy) is 2. The fourth-order valence-corrected chi connectivity index (χ4v) is 4.01. The molecule has 1 fully saturated rings. The largest absolute Gasteiger partial charge is 0.497 e. The number of hydrogen-bond donors (Lipinski definition) is 1. The van der Waals surface area contributed by atoms with E-state index in [-0.39, 0.29) is 11.3 Å². The zero-order chi connectivity index (χ0) is 24.8. The Morgan fingerprint density at radius 1 is 1.00 bits per heavy atom. The summed E-state index contributed by atoms with van der Waals surface area (Å²) in [5.74, 6) is -0.849. The lowest BCUT2D eigenvalue weighted by Crippen LogP contribution is -2.26. The predicted octanol–water partition coefficient (Wildman–Crippen LogP) is 4.74. The van der Waals surface area contributed by atoms with Crippen LogP contribution >= 0.6 is 0 Å². The maximum Gasteiger partial charge on any atom is 0.339 e. The lowest BCUT2D eigenvalue weighted by Gasteiger charge is -2.20. The van der Waals surface area contributed by atoms with Crippen LogP contribution in [-0.4, -0.2) is 37.0 Å². The molecule has 3 aromatic carbocycles. The van der Waals surface area contributed by atoms with E-state index in [2.05, 4.69) is 5.32 Å². The first-order valence-corrected chi connectivity index (χ1v) is 11.2. The number of nitro groups is 1. The summed E-state index contributed by atoms with van der Waals surface area (Å²) >= 11 is 0. The van der Waals surface area contributed by atoms with Gasteiger partial charge in [0.1, 0.15) is 11.4 Å². The molecule has 1 amide bonds. The van der Waals surface area contributed by atoms with Crippen LogP contribution in [0.25, 0.3) is 0 Å². The molecule has 1 N–H and O–H groups in total. The van der Waals surface area contributed by atoms with E-state index in [9.17, 15) is 19.7 Å². The number of nitrogens with zero attached hydrogens (tertiary/aromatic N) is 2. The van der Waals surface area contributed by atoms with Gasteiger partial charge in [-0.05, 0) is 37.1 Å². The second-order valence-electron chi connectivity index (χ2n) is 8.07. The van der Waals surface area contributed by atoms with E-state index in [4.69, 9.17) is 9.47 Å². The number of nitro benzene ring substituents is 1. The van der Waals surface area contributed by atoms with E-state index in [1.807, 2.05) is 4.90 Å². The number of hydrogen-bond acceptors (Lipinski definition) is 7. The Balaban J connectivity index is 1.59. The highest BCUT2D eigenvalue weighted by atomic mass is 16.6. The molecule has 1 heterocycles. The lowest BCUT2D eigenvalue weighted by atomic mass is 10.1. The molecule has 0 aliphatic carbocycles. The highest BCUT2D eigenvalue weighted by Crippen LogP contribution is 2.32. The molecule has 1 atom stereocenters. The molecule has 0 radical (unpaired) electrons. The normalized spacial score (nSPS) is 13.7. The fourth-order valence-electron chi connectivity index (χ4n) is 4.01. The second-order valence-corrected chi connectivity index (χ2v) is 8.07. The van der Waals surface area contributed by atoms with Gasteiger partial charge in [0.15, 0.2) is 0 Å². The topological polar surface area (TPSA) is 111 Å². The van der Waals surface area contributed by atoms with Gasteiger partial charge in [-0.3, -0.25) is 14.9 Å². The van der Waals surface area contributed by atoms with Crippen molar-refractivity contribution in [3.05, 3.63) is 94.0 Å².